The number of nitrogens with zero attached hydrogens (tertiary/aromatic N) is 8. The van der Waals surface area contributed by atoms with Crippen LogP contribution < -0.4 is 20.9 Å². The van der Waals surface area contributed by atoms with Crippen molar-refractivity contribution in [3.05, 3.63) is 70.1 Å². The van der Waals surface area contributed by atoms with Crippen LogP contribution in [0.3, 0.4) is 0 Å². The Morgan fingerprint density at radius 1 is 0.537 bits per heavy atom. The molecule has 2 aromatic carbocycles. The van der Waals surface area contributed by atoms with Gasteiger partial charge in [-0.3, -0.25) is 0 Å². The number of amidine groups is 2. The molecule has 211 valence electrons. The molecule has 2 saturated carbocycles. The first-order valence-corrected chi connectivity index (χ1v) is 14.9. The molecule has 2 aromatic heterocycles. The third kappa shape index (κ3) is 4.00. The Labute approximate surface area is 248 Å². The van der Waals surface area contributed by atoms with Gasteiger partial charge < -0.3 is 40.6 Å². The van der Waals surface area contributed by atoms with Crippen molar-refractivity contribution in [3.63, 3.8) is 0 Å². The summed E-state index contributed by atoms with van der Waals surface area (Å²) in [7, 11) is 0. The van der Waals surface area contributed by atoms with Gasteiger partial charge in [0.15, 0.2) is 0 Å². The summed E-state index contributed by atoms with van der Waals surface area (Å²) in [5.41, 5.74) is 1.49. The second-order valence-corrected chi connectivity index (χ2v) is 12.0. The van der Waals surface area contributed by atoms with Crippen molar-refractivity contribution < 1.29 is 17.1 Å². The van der Waals surface area contributed by atoms with Crippen LogP contribution in [0.5, 0.6) is 0 Å². The molecule has 0 spiro atoms. The van der Waals surface area contributed by atoms with Gasteiger partial charge in [-0.2, -0.15) is 0 Å². The van der Waals surface area contributed by atoms with Gasteiger partial charge in [0.05, 0.1) is 0 Å². The van der Waals surface area contributed by atoms with Crippen molar-refractivity contribution in [1.82, 2.24) is 9.97 Å². The average Bonchev–Trinajstić information content (AvgIpc) is 3.73. The van der Waals surface area contributed by atoms with Crippen LogP contribution in [0.15, 0.2) is 68.5 Å². The maximum absolute atomic E-state index is 5.22. The smallest absolute Gasteiger partial charge is 0.459 e. The second-order valence-electron chi connectivity index (χ2n) is 12.0. The zero-order valence-electron chi connectivity index (χ0n) is 22.6. The number of rotatable bonds is 0. The molecule has 1 radical (unpaired) electrons. The summed E-state index contributed by atoms with van der Waals surface area (Å²) in [6.07, 6.45) is 8.82. The van der Waals surface area contributed by atoms with Gasteiger partial charge in [0, 0.05) is 11.0 Å². The van der Waals surface area contributed by atoms with E-state index in [1.807, 2.05) is 0 Å². The molecule has 9 heteroatoms. The van der Waals surface area contributed by atoms with Crippen LogP contribution in [0.4, 0.5) is 11.6 Å². The fourth-order valence-corrected chi connectivity index (χ4v) is 7.82. The Hall–Kier alpha value is -3.42. The zero-order chi connectivity index (χ0) is 26.2. The van der Waals surface area contributed by atoms with Gasteiger partial charge in [0.2, 0.25) is 0 Å². The van der Waals surface area contributed by atoms with E-state index in [0.29, 0.717) is 35.3 Å². The van der Waals surface area contributed by atoms with Crippen LogP contribution in [-0.2, 0) is 17.1 Å². The maximum atomic E-state index is 5.22. The van der Waals surface area contributed by atoms with Crippen molar-refractivity contribution in [2.24, 2.45) is 43.6 Å². The number of aliphatic imine (C=N–C) groups is 2. The quantitative estimate of drug-likeness (QED) is 0.236. The summed E-state index contributed by atoms with van der Waals surface area (Å²) in [5, 5.41) is 14.4. The van der Waals surface area contributed by atoms with E-state index >= 15 is 0 Å². The Morgan fingerprint density at radius 3 is 1.46 bits per heavy atom. The van der Waals surface area contributed by atoms with Gasteiger partial charge >= 0.3 is 17.1 Å². The Morgan fingerprint density at radius 2 is 0.976 bits per heavy atom. The van der Waals surface area contributed by atoms with E-state index in [0.717, 1.165) is 69.9 Å². The standard InChI is InChI=1S/C32H30N8.Cu/c1-2-10-18-17(9-1)25-33-26(18)38-28-21-13-5-6-14-22(21)30(35-28)40-32-24-16-8-7-15-23(24)31(36-32)39-29-20-12-4-3-11-19(20)27(34-29)37-25;/h1-2,7-10,15-16,19-22,27-28H,3-6,11-14H2;/q-4;+2. The van der Waals surface area contributed by atoms with Crippen LogP contribution in [0.2, 0.25) is 0 Å². The first-order chi connectivity index (χ1) is 19.8. The van der Waals surface area contributed by atoms with E-state index in [1.54, 1.807) is 0 Å². The van der Waals surface area contributed by atoms with Gasteiger partial charge in [-0.05, 0) is 94.9 Å². The van der Waals surface area contributed by atoms with Crippen molar-refractivity contribution in [3.8, 4) is 0 Å². The zero-order valence-corrected chi connectivity index (χ0v) is 23.6. The minimum atomic E-state index is -0.188. The molecule has 0 N–H and O–H groups in total. The number of benzene rings is 2. The van der Waals surface area contributed by atoms with E-state index in [2.05, 4.69) is 48.5 Å². The van der Waals surface area contributed by atoms with Gasteiger partial charge in [0.1, 0.15) is 0 Å². The van der Waals surface area contributed by atoms with E-state index in [9.17, 15) is 0 Å². The Kier molecular flexibility index (Phi) is 6.08. The molecule has 5 aliphatic rings. The summed E-state index contributed by atoms with van der Waals surface area (Å²) in [4.78, 5) is 30.8. The Balaban J connectivity index is 0.00000256. The minimum Gasteiger partial charge on any atom is -0.459 e. The van der Waals surface area contributed by atoms with Gasteiger partial charge in [-0.15, -0.1) is 0 Å². The summed E-state index contributed by atoms with van der Waals surface area (Å²) in [6.45, 7) is 0. The number of hydrogen-bond donors (Lipinski definition) is 0. The molecule has 3 aliphatic heterocycles. The molecule has 9 rings (SSSR count). The molecule has 0 amide bonds. The molecular weight excluding hydrogens is 560 g/mol. The predicted molar refractivity (Wildman–Crippen MR) is 156 cm³/mol. The molecule has 8 nitrogen and oxygen atoms in total. The number of fused-ring (bicyclic) bond motifs is 20. The molecule has 41 heavy (non-hydrogen) atoms. The van der Waals surface area contributed by atoms with Crippen molar-refractivity contribution in [2.75, 3.05) is 0 Å². The minimum absolute atomic E-state index is 0. The molecule has 8 bridgehead atoms. The number of aromatic nitrogens is 2. The first kappa shape index (κ1) is 25.3. The molecule has 6 atom stereocenters. The van der Waals surface area contributed by atoms with Crippen LogP contribution in [0.25, 0.3) is 32.2 Å². The average molecular weight is 590 g/mol. The van der Waals surface area contributed by atoms with Crippen molar-refractivity contribution in [2.45, 2.75) is 63.7 Å². The van der Waals surface area contributed by atoms with E-state index in [-0.39, 0.29) is 29.4 Å². The van der Waals surface area contributed by atoms with Crippen molar-refractivity contribution in [1.29, 1.82) is 0 Å². The maximum Gasteiger partial charge on any atom is 2.00 e. The second kappa shape index (κ2) is 9.85. The third-order valence-electron chi connectivity index (χ3n) is 9.79. The fourth-order valence-electron chi connectivity index (χ4n) is 7.82. The largest absolute Gasteiger partial charge is 2.00 e. The third-order valence-corrected chi connectivity index (χ3v) is 9.79. The van der Waals surface area contributed by atoms with E-state index in [4.69, 9.17) is 40.6 Å². The van der Waals surface area contributed by atoms with E-state index < -0.39 is 0 Å². The molecule has 2 saturated heterocycles. The summed E-state index contributed by atoms with van der Waals surface area (Å²) in [6, 6.07) is 16.6. The predicted octanol–water partition coefficient (Wildman–Crippen LogP) is 5.96. The SMILES string of the molecule is [Cu+2].c1ccc2c3[n-]c(c2c1)/N=C1\[N-]C(/N=c2\[n-]/c(c4ccccc24)=N\C2[N-]/C(=N\3)C3CCCCC23)C2CCCCC12. The summed E-state index contributed by atoms with van der Waals surface area (Å²) < 4.78 is 0. The molecule has 4 fully saturated rings. The van der Waals surface area contributed by atoms with Gasteiger partial charge in [0.25, 0.3) is 0 Å². The topological polar surface area (TPSA) is 106 Å². The van der Waals surface area contributed by atoms with Crippen LogP contribution >= 0.6 is 0 Å². The van der Waals surface area contributed by atoms with Crippen molar-refractivity contribution >= 4 is 44.9 Å². The Bertz CT molecular complexity index is 1710. The molecule has 4 aromatic rings. The van der Waals surface area contributed by atoms with E-state index in [1.165, 1.54) is 25.7 Å². The van der Waals surface area contributed by atoms with Gasteiger partial charge in [-0.25, -0.2) is 0 Å². The normalized spacial score (nSPS) is 34.2. The summed E-state index contributed by atoms with van der Waals surface area (Å²) >= 11 is 0. The molecule has 2 aliphatic carbocycles. The number of hydrogen-bond acceptors (Lipinski definition) is 4. The van der Waals surface area contributed by atoms with Gasteiger partial charge in [-0.1, -0.05) is 85.9 Å². The first-order valence-electron chi connectivity index (χ1n) is 14.9. The van der Waals surface area contributed by atoms with Crippen LogP contribution in [0.1, 0.15) is 51.4 Å². The molecular formula is C32H30CuN8-2. The van der Waals surface area contributed by atoms with Crippen LogP contribution in [0, 0.1) is 23.7 Å². The summed E-state index contributed by atoms with van der Waals surface area (Å²) in [5.74, 6) is 4.46. The molecule has 5 heterocycles. The monoisotopic (exact) mass is 589 g/mol. The molecule has 6 unspecified atom stereocenters. The van der Waals surface area contributed by atoms with Crippen LogP contribution in [-0.4, -0.2) is 24.0 Å². The fraction of sp³-hybridized carbons (Fsp3) is 0.438.